The van der Waals surface area contributed by atoms with Gasteiger partial charge in [-0.1, -0.05) is 11.2 Å². The van der Waals surface area contributed by atoms with E-state index in [0.29, 0.717) is 22.9 Å². The summed E-state index contributed by atoms with van der Waals surface area (Å²) in [6.07, 6.45) is 1.19. The van der Waals surface area contributed by atoms with Crippen LogP contribution < -0.4 is 9.47 Å². The van der Waals surface area contributed by atoms with Crippen molar-refractivity contribution < 1.29 is 27.2 Å². The number of fused-ring (bicyclic) bond motifs is 1. The fourth-order valence-corrected chi connectivity index (χ4v) is 2.67. The Balaban J connectivity index is 1.48. The normalized spacial score (nSPS) is 12.5. The highest BCUT2D eigenvalue weighted by Gasteiger charge is 2.21. The molecular formula is C18H9F2N3O4. The Morgan fingerprint density at radius 1 is 0.889 bits per heavy atom. The predicted octanol–water partition coefficient (Wildman–Crippen LogP) is 4.07. The molecule has 2 aromatic heterocycles. The van der Waals surface area contributed by atoms with Gasteiger partial charge in [-0.15, -0.1) is 0 Å². The van der Waals surface area contributed by atoms with E-state index in [4.69, 9.17) is 18.4 Å². The van der Waals surface area contributed by atoms with Crippen LogP contribution in [-0.4, -0.2) is 21.9 Å². The number of hydrogen-bond donors (Lipinski definition) is 0. The van der Waals surface area contributed by atoms with Gasteiger partial charge in [0, 0.05) is 5.56 Å². The van der Waals surface area contributed by atoms with Gasteiger partial charge >= 0.3 is 0 Å². The van der Waals surface area contributed by atoms with E-state index in [1.807, 2.05) is 0 Å². The molecule has 7 nitrogen and oxygen atoms in total. The summed E-state index contributed by atoms with van der Waals surface area (Å²) in [5.41, 5.74) is 0.449. The molecule has 5 rings (SSSR count). The third kappa shape index (κ3) is 2.60. The molecule has 1 aliphatic heterocycles. The van der Waals surface area contributed by atoms with Gasteiger partial charge in [0.05, 0.1) is 0 Å². The zero-order valence-corrected chi connectivity index (χ0v) is 13.5. The molecule has 27 heavy (non-hydrogen) atoms. The highest BCUT2D eigenvalue weighted by Crippen LogP contribution is 2.35. The lowest BCUT2D eigenvalue weighted by Gasteiger charge is -1.98. The molecule has 1 aliphatic rings. The van der Waals surface area contributed by atoms with Crippen LogP contribution >= 0.6 is 0 Å². The molecule has 0 radical (unpaired) electrons. The van der Waals surface area contributed by atoms with Crippen LogP contribution in [0.1, 0.15) is 0 Å². The standard InChI is InChI=1S/C18H9F2N3O4/c19-10-2-1-3-11(20)15(10)18-21-12(7-24-18)17-22-16(23-27-17)9-4-5-13-14(6-9)26-8-25-13/h1-7H,8H2. The number of benzene rings is 2. The van der Waals surface area contributed by atoms with Crippen LogP contribution in [0, 0.1) is 11.6 Å². The highest BCUT2D eigenvalue weighted by molar-refractivity contribution is 5.64. The molecule has 0 aliphatic carbocycles. The van der Waals surface area contributed by atoms with Gasteiger partial charge < -0.3 is 18.4 Å². The van der Waals surface area contributed by atoms with E-state index in [2.05, 4.69) is 15.1 Å². The summed E-state index contributed by atoms with van der Waals surface area (Å²) in [6, 6.07) is 8.71. The molecule has 2 aromatic carbocycles. The van der Waals surface area contributed by atoms with Crippen LogP contribution in [0.4, 0.5) is 8.78 Å². The van der Waals surface area contributed by atoms with Crippen LogP contribution in [-0.2, 0) is 0 Å². The molecule has 0 spiro atoms. The van der Waals surface area contributed by atoms with Crippen LogP contribution in [0.15, 0.2) is 51.6 Å². The Bertz CT molecular complexity index is 1130. The largest absolute Gasteiger partial charge is 0.454 e. The van der Waals surface area contributed by atoms with Gasteiger partial charge in [-0.2, -0.15) is 4.98 Å². The molecule has 134 valence electrons. The number of oxazole rings is 1. The van der Waals surface area contributed by atoms with Crippen molar-refractivity contribution in [2.75, 3.05) is 6.79 Å². The first-order valence-corrected chi connectivity index (χ1v) is 7.83. The maximum absolute atomic E-state index is 13.9. The first-order valence-electron chi connectivity index (χ1n) is 7.83. The molecule has 0 bridgehead atoms. The van der Waals surface area contributed by atoms with E-state index in [9.17, 15) is 8.78 Å². The van der Waals surface area contributed by atoms with E-state index in [-0.39, 0.29) is 29.8 Å². The molecule has 0 unspecified atom stereocenters. The summed E-state index contributed by atoms with van der Waals surface area (Å²) < 4.78 is 48.7. The molecule has 0 saturated heterocycles. The molecular weight excluding hydrogens is 360 g/mol. The van der Waals surface area contributed by atoms with Crippen LogP contribution in [0.25, 0.3) is 34.4 Å². The maximum Gasteiger partial charge on any atom is 0.280 e. The van der Waals surface area contributed by atoms with Gasteiger partial charge in [0.15, 0.2) is 17.2 Å². The first kappa shape index (κ1) is 15.5. The van der Waals surface area contributed by atoms with E-state index < -0.39 is 11.6 Å². The lowest BCUT2D eigenvalue weighted by atomic mass is 10.2. The predicted molar refractivity (Wildman–Crippen MR) is 86.7 cm³/mol. The van der Waals surface area contributed by atoms with Crippen LogP contribution in [0.2, 0.25) is 0 Å². The molecule has 0 N–H and O–H groups in total. The number of aromatic nitrogens is 3. The second-order valence-corrected chi connectivity index (χ2v) is 5.63. The van der Waals surface area contributed by atoms with Crippen molar-refractivity contribution in [2.24, 2.45) is 0 Å². The molecule has 0 fully saturated rings. The number of hydrogen-bond acceptors (Lipinski definition) is 7. The molecule has 3 heterocycles. The zero-order valence-electron chi connectivity index (χ0n) is 13.5. The lowest BCUT2D eigenvalue weighted by molar-refractivity contribution is 0.174. The van der Waals surface area contributed by atoms with Gasteiger partial charge in [0.25, 0.3) is 5.89 Å². The summed E-state index contributed by atoms with van der Waals surface area (Å²) in [5.74, 6) is -0.221. The second-order valence-electron chi connectivity index (χ2n) is 5.63. The third-order valence-corrected chi connectivity index (χ3v) is 3.96. The van der Waals surface area contributed by atoms with Crippen molar-refractivity contribution in [3.05, 3.63) is 54.3 Å². The van der Waals surface area contributed by atoms with E-state index in [0.717, 1.165) is 12.1 Å². The highest BCUT2D eigenvalue weighted by atomic mass is 19.1. The fraction of sp³-hybridized carbons (Fsp3) is 0.0556. The van der Waals surface area contributed by atoms with Crippen molar-refractivity contribution in [2.45, 2.75) is 0 Å². The van der Waals surface area contributed by atoms with Crippen molar-refractivity contribution in [1.29, 1.82) is 0 Å². The Labute approximate surface area is 150 Å². The minimum absolute atomic E-state index is 0.0504. The SMILES string of the molecule is Fc1cccc(F)c1-c1nc(-c2nc(-c3ccc4c(c3)OCO4)no2)co1. The second kappa shape index (κ2) is 5.90. The third-order valence-electron chi connectivity index (χ3n) is 3.96. The van der Waals surface area contributed by atoms with Gasteiger partial charge in [-0.05, 0) is 30.3 Å². The molecule has 0 atom stereocenters. The van der Waals surface area contributed by atoms with Crippen molar-refractivity contribution in [1.82, 2.24) is 15.1 Å². The number of ether oxygens (including phenoxy) is 2. The molecule has 9 heteroatoms. The summed E-state index contributed by atoms with van der Waals surface area (Å²) in [6.45, 7) is 0.157. The van der Waals surface area contributed by atoms with Crippen molar-refractivity contribution in [3.63, 3.8) is 0 Å². The molecule has 0 amide bonds. The summed E-state index contributed by atoms with van der Waals surface area (Å²) in [4.78, 5) is 8.29. The Hall–Kier alpha value is -3.75. The quantitative estimate of drug-likeness (QED) is 0.538. The number of rotatable bonds is 3. The minimum Gasteiger partial charge on any atom is -0.454 e. The van der Waals surface area contributed by atoms with Gasteiger partial charge in [-0.25, -0.2) is 13.8 Å². The van der Waals surface area contributed by atoms with Gasteiger partial charge in [-0.3, -0.25) is 0 Å². The smallest absolute Gasteiger partial charge is 0.280 e. The van der Waals surface area contributed by atoms with Crippen LogP contribution in [0.3, 0.4) is 0 Å². The summed E-state index contributed by atoms with van der Waals surface area (Å²) in [7, 11) is 0. The minimum atomic E-state index is -0.782. The molecule has 4 aromatic rings. The Morgan fingerprint density at radius 3 is 2.56 bits per heavy atom. The monoisotopic (exact) mass is 369 g/mol. The van der Waals surface area contributed by atoms with Crippen LogP contribution in [0.5, 0.6) is 11.5 Å². The van der Waals surface area contributed by atoms with Crippen molar-refractivity contribution >= 4 is 0 Å². The summed E-state index contributed by atoms with van der Waals surface area (Å²) in [5, 5.41) is 3.89. The zero-order chi connectivity index (χ0) is 18.4. The van der Waals surface area contributed by atoms with Gasteiger partial charge in [0.2, 0.25) is 18.5 Å². The number of halogens is 2. The lowest BCUT2D eigenvalue weighted by Crippen LogP contribution is -1.92. The van der Waals surface area contributed by atoms with E-state index in [1.165, 1.54) is 12.3 Å². The Kier molecular flexibility index (Phi) is 3.39. The van der Waals surface area contributed by atoms with E-state index >= 15 is 0 Å². The maximum atomic E-state index is 13.9. The first-order chi connectivity index (χ1) is 13.2. The number of nitrogens with zero attached hydrogens (tertiary/aromatic N) is 3. The summed E-state index contributed by atoms with van der Waals surface area (Å²) >= 11 is 0. The average Bonchev–Trinajstić information content (AvgIpc) is 3.40. The Morgan fingerprint density at radius 2 is 1.70 bits per heavy atom. The molecule has 0 saturated carbocycles. The fourth-order valence-electron chi connectivity index (χ4n) is 2.67. The van der Waals surface area contributed by atoms with Crippen molar-refractivity contribution in [3.8, 4) is 45.9 Å². The topological polar surface area (TPSA) is 83.4 Å². The van der Waals surface area contributed by atoms with E-state index in [1.54, 1.807) is 18.2 Å². The van der Waals surface area contributed by atoms with Gasteiger partial charge in [0.1, 0.15) is 23.5 Å². The average molecular weight is 369 g/mol.